The molecule has 1 fully saturated rings. The third kappa shape index (κ3) is 2.37. The van der Waals surface area contributed by atoms with Crippen LogP contribution < -0.4 is 0 Å². The molecule has 0 amide bonds. The van der Waals surface area contributed by atoms with E-state index in [0.717, 1.165) is 12.8 Å². The van der Waals surface area contributed by atoms with E-state index in [1.807, 2.05) is 0 Å². The number of carbonyl (C=O) groups excluding carboxylic acids is 1. The second kappa shape index (κ2) is 4.30. The molecule has 82 valence electrons. The van der Waals surface area contributed by atoms with Gasteiger partial charge in [-0.3, -0.25) is 0 Å². The van der Waals surface area contributed by atoms with Crippen LogP contribution >= 0.6 is 15.9 Å². The van der Waals surface area contributed by atoms with Crippen LogP contribution in [0, 0.1) is 5.92 Å². The summed E-state index contributed by atoms with van der Waals surface area (Å²) >= 11 is 3.21. The Kier molecular flexibility index (Phi) is 3.04. The van der Waals surface area contributed by atoms with Crippen molar-refractivity contribution in [1.29, 1.82) is 0 Å². The minimum atomic E-state index is -0.302. The van der Waals surface area contributed by atoms with Gasteiger partial charge in [-0.25, -0.2) is 9.48 Å². The van der Waals surface area contributed by atoms with Crippen LogP contribution in [0.1, 0.15) is 25.8 Å². The molecule has 1 aromatic heterocycles. The maximum Gasteiger partial charge on any atom is 0.331 e. The van der Waals surface area contributed by atoms with E-state index in [1.54, 1.807) is 17.8 Å². The topological polar surface area (TPSA) is 57.0 Å². The molecule has 1 aromatic rings. The monoisotopic (exact) mass is 273 g/mol. The SMILES string of the molecule is CCOC(=O)C(C1CC1)n1cc(Br)nn1. The molecule has 0 radical (unpaired) electrons. The fourth-order valence-corrected chi connectivity index (χ4v) is 1.83. The number of hydrogen-bond donors (Lipinski definition) is 0. The van der Waals surface area contributed by atoms with Crippen LogP contribution in [0.2, 0.25) is 0 Å². The molecule has 5 nitrogen and oxygen atoms in total. The minimum Gasteiger partial charge on any atom is -0.464 e. The number of halogens is 1. The quantitative estimate of drug-likeness (QED) is 0.782. The summed E-state index contributed by atoms with van der Waals surface area (Å²) in [5.74, 6) is 0.148. The Morgan fingerprint density at radius 1 is 1.80 bits per heavy atom. The third-order valence-electron chi connectivity index (χ3n) is 2.36. The molecule has 0 saturated heterocycles. The van der Waals surface area contributed by atoms with Crippen LogP contribution in [0.25, 0.3) is 0 Å². The summed E-state index contributed by atoms with van der Waals surface area (Å²) in [6.07, 6.45) is 3.82. The zero-order chi connectivity index (χ0) is 10.8. The predicted molar refractivity (Wildman–Crippen MR) is 56.1 cm³/mol. The maximum absolute atomic E-state index is 11.7. The van der Waals surface area contributed by atoms with Crippen LogP contribution in [0.15, 0.2) is 10.8 Å². The fraction of sp³-hybridized carbons (Fsp3) is 0.667. The molecule has 1 aliphatic carbocycles. The van der Waals surface area contributed by atoms with Gasteiger partial charge in [-0.05, 0) is 41.6 Å². The van der Waals surface area contributed by atoms with Crippen molar-refractivity contribution in [2.45, 2.75) is 25.8 Å². The lowest BCUT2D eigenvalue weighted by Crippen LogP contribution is -2.24. The number of carbonyl (C=O) groups is 1. The van der Waals surface area contributed by atoms with Gasteiger partial charge in [0, 0.05) is 0 Å². The van der Waals surface area contributed by atoms with Crippen molar-refractivity contribution < 1.29 is 9.53 Å². The third-order valence-corrected chi connectivity index (χ3v) is 2.73. The van der Waals surface area contributed by atoms with Gasteiger partial charge in [0.1, 0.15) is 4.60 Å². The van der Waals surface area contributed by atoms with Crippen LogP contribution in [-0.2, 0) is 9.53 Å². The van der Waals surface area contributed by atoms with Gasteiger partial charge in [0.25, 0.3) is 0 Å². The Morgan fingerprint density at radius 2 is 2.53 bits per heavy atom. The zero-order valence-corrected chi connectivity index (χ0v) is 9.98. The molecular weight excluding hydrogens is 262 g/mol. The first-order chi connectivity index (χ1) is 7.22. The highest BCUT2D eigenvalue weighted by atomic mass is 79.9. The van der Waals surface area contributed by atoms with E-state index < -0.39 is 0 Å². The molecule has 0 spiro atoms. The average Bonchev–Trinajstić information content (AvgIpc) is 2.91. The van der Waals surface area contributed by atoms with Gasteiger partial charge < -0.3 is 4.74 Å². The molecule has 1 unspecified atom stereocenters. The summed E-state index contributed by atoms with van der Waals surface area (Å²) in [4.78, 5) is 11.7. The molecule has 0 aliphatic heterocycles. The molecule has 6 heteroatoms. The number of ether oxygens (including phenoxy) is 1. The van der Waals surface area contributed by atoms with Crippen molar-refractivity contribution in [3.8, 4) is 0 Å². The van der Waals surface area contributed by atoms with Crippen molar-refractivity contribution in [2.24, 2.45) is 5.92 Å². The Bertz CT molecular complexity index is 362. The molecule has 0 N–H and O–H groups in total. The van der Waals surface area contributed by atoms with Crippen molar-refractivity contribution >= 4 is 21.9 Å². The summed E-state index contributed by atoms with van der Waals surface area (Å²) < 4.78 is 7.25. The van der Waals surface area contributed by atoms with E-state index in [1.165, 1.54) is 0 Å². The van der Waals surface area contributed by atoms with Crippen molar-refractivity contribution in [1.82, 2.24) is 15.0 Å². The van der Waals surface area contributed by atoms with Gasteiger partial charge in [-0.2, -0.15) is 0 Å². The van der Waals surface area contributed by atoms with Crippen molar-refractivity contribution in [3.05, 3.63) is 10.8 Å². The number of nitrogens with zero attached hydrogens (tertiary/aromatic N) is 3. The van der Waals surface area contributed by atoms with E-state index in [9.17, 15) is 4.79 Å². The second-order valence-corrected chi connectivity index (χ2v) is 4.37. The van der Waals surface area contributed by atoms with E-state index in [0.29, 0.717) is 17.1 Å². The molecule has 1 aliphatic rings. The van der Waals surface area contributed by atoms with Crippen molar-refractivity contribution in [3.63, 3.8) is 0 Å². The highest BCUT2D eigenvalue weighted by Crippen LogP contribution is 2.40. The molecule has 2 rings (SSSR count). The number of esters is 1. The lowest BCUT2D eigenvalue weighted by atomic mass is 10.2. The van der Waals surface area contributed by atoms with Crippen LogP contribution in [0.4, 0.5) is 0 Å². The predicted octanol–water partition coefficient (Wildman–Crippen LogP) is 1.55. The molecule has 0 aromatic carbocycles. The standard InChI is InChI=1S/C9H12BrN3O2/c1-2-15-9(14)8(6-3-4-6)13-5-7(10)11-12-13/h5-6,8H,2-4H2,1H3. The highest BCUT2D eigenvalue weighted by molar-refractivity contribution is 9.10. The van der Waals surface area contributed by atoms with Gasteiger partial charge in [0.05, 0.1) is 12.8 Å². The highest BCUT2D eigenvalue weighted by Gasteiger charge is 2.39. The first-order valence-electron chi connectivity index (χ1n) is 4.96. The van der Waals surface area contributed by atoms with E-state index in [4.69, 9.17) is 4.74 Å². The maximum atomic E-state index is 11.7. The summed E-state index contributed by atoms with van der Waals surface area (Å²) in [7, 11) is 0. The first-order valence-corrected chi connectivity index (χ1v) is 5.75. The number of hydrogen-bond acceptors (Lipinski definition) is 4. The van der Waals surface area contributed by atoms with E-state index in [-0.39, 0.29) is 12.0 Å². The molecular formula is C9H12BrN3O2. The Hall–Kier alpha value is -0.910. The van der Waals surface area contributed by atoms with Gasteiger partial charge in [0.15, 0.2) is 6.04 Å². The summed E-state index contributed by atoms with van der Waals surface area (Å²) in [5.41, 5.74) is 0. The Morgan fingerprint density at radius 3 is 3.00 bits per heavy atom. The van der Waals surface area contributed by atoms with Gasteiger partial charge in [0.2, 0.25) is 0 Å². The average molecular weight is 274 g/mol. The van der Waals surface area contributed by atoms with Crippen LogP contribution in [0.3, 0.4) is 0 Å². The first kappa shape index (κ1) is 10.6. The van der Waals surface area contributed by atoms with Gasteiger partial charge >= 0.3 is 5.97 Å². The lowest BCUT2D eigenvalue weighted by molar-refractivity contribution is -0.148. The van der Waals surface area contributed by atoms with E-state index in [2.05, 4.69) is 26.2 Å². The summed E-state index contributed by atoms with van der Waals surface area (Å²) in [6.45, 7) is 2.21. The molecule has 0 bridgehead atoms. The largest absolute Gasteiger partial charge is 0.464 e. The Labute approximate surface area is 95.9 Å². The zero-order valence-electron chi connectivity index (χ0n) is 8.39. The summed E-state index contributed by atoms with van der Waals surface area (Å²) in [6, 6.07) is -0.302. The normalized spacial score (nSPS) is 17.5. The number of rotatable bonds is 4. The van der Waals surface area contributed by atoms with Gasteiger partial charge in [-0.15, -0.1) is 5.10 Å². The fourth-order valence-electron chi connectivity index (χ4n) is 1.55. The molecule has 1 atom stereocenters. The lowest BCUT2D eigenvalue weighted by Gasteiger charge is -2.13. The molecule has 1 heterocycles. The molecule has 15 heavy (non-hydrogen) atoms. The van der Waals surface area contributed by atoms with Crippen molar-refractivity contribution in [2.75, 3.05) is 6.61 Å². The minimum absolute atomic E-state index is 0.211. The van der Waals surface area contributed by atoms with Gasteiger partial charge in [-0.1, -0.05) is 5.21 Å². The van der Waals surface area contributed by atoms with E-state index >= 15 is 0 Å². The molecule has 1 saturated carbocycles. The smallest absolute Gasteiger partial charge is 0.331 e. The van der Waals surface area contributed by atoms with Crippen LogP contribution in [0.5, 0.6) is 0 Å². The second-order valence-electron chi connectivity index (χ2n) is 3.56. The Balaban J connectivity index is 2.15. The number of aromatic nitrogens is 3. The summed E-state index contributed by atoms with van der Waals surface area (Å²) in [5, 5.41) is 7.71. The van der Waals surface area contributed by atoms with Crippen LogP contribution in [-0.4, -0.2) is 27.6 Å².